The third kappa shape index (κ3) is 2.29. The van der Waals surface area contributed by atoms with Crippen LogP contribution in [0.1, 0.15) is 19.9 Å². The van der Waals surface area contributed by atoms with Crippen molar-refractivity contribution in [3.63, 3.8) is 0 Å². The summed E-state index contributed by atoms with van der Waals surface area (Å²) in [7, 11) is 0. The number of alkyl halides is 1. The first-order valence-corrected chi connectivity index (χ1v) is 5.09. The summed E-state index contributed by atoms with van der Waals surface area (Å²) in [4.78, 5) is 11.7. The van der Waals surface area contributed by atoms with Gasteiger partial charge in [0.2, 0.25) is 0 Å². The molecule has 0 saturated heterocycles. The number of rotatable bonds is 4. The second kappa shape index (κ2) is 4.51. The van der Waals surface area contributed by atoms with Crippen molar-refractivity contribution < 1.29 is 0 Å². The highest BCUT2D eigenvalue weighted by molar-refractivity contribution is 6.19. The largest absolute Gasteiger partial charge is 0.328 e. The molecule has 0 aliphatic heterocycles. The molecule has 0 bridgehead atoms. The predicted octanol–water partition coefficient (Wildman–Crippen LogP) is 2.03. The van der Waals surface area contributed by atoms with Crippen LogP contribution in [-0.2, 0) is 6.54 Å². The lowest BCUT2D eigenvalue weighted by atomic mass is 10.3. The van der Waals surface area contributed by atoms with Crippen LogP contribution in [0.5, 0.6) is 0 Å². The molecule has 1 aromatic rings. The molecule has 4 heteroatoms. The second-order valence-corrected chi connectivity index (χ2v) is 3.86. The first-order valence-electron chi connectivity index (χ1n) is 4.56. The van der Waals surface area contributed by atoms with Crippen LogP contribution < -0.4 is 5.69 Å². The quantitative estimate of drug-likeness (QED) is 0.557. The van der Waals surface area contributed by atoms with Gasteiger partial charge in [-0.15, -0.1) is 11.6 Å². The van der Waals surface area contributed by atoms with Gasteiger partial charge in [0, 0.05) is 30.9 Å². The van der Waals surface area contributed by atoms with Gasteiger partial charge in [-0.1, -0.05) is 6.58 Å². The average Bonchev–Trinajstić information content (AvgIpc) is 2.48. The molecule has 0 fully saturated rings. The van der Waals surface area contributed by atoms with Crippen molar-refractivity contribution in [3.05, 3.63) is 35.0 Å². The van der Waals surface area contributed by atoms with E-state index in [1.54, 1.807) is 21.5 Å². The van der Waals surface area contributed by atoms with Gasteiger partial charge in [0.1, 0.15) is 0 Å². The minimum Gasteiger partial charge on any atom is -0.297 e. The van der Waals surface area contributed by atoms with E-state index in [1.165, 1.54) is 0 Å². The van der Waals surface area contributed by atoms with Crippen molar-refractivity contribution in [1.29, 1.82) is 0 Å². The number of imidazole rings is 1. The summed E-state index contributed by atoms with van der Waals surface area (Å²) in [5, 5.41) is 0. The molecule has 0 spiro atoms. The Morgan fingerprint density at radius 3 is 2.64 bits per heavy atom. The molecule has 0 amide bonds. The highest BCUT2D eigenvalue weighted by Crippen LogP contribution is 2.01. The van der Waals surface area contributed by atoms with Crippen LogP contribution in [0.4, 0.5) is 0 Å². The number of halogens is 1. The van der Waals surface area contributed by atoms with Crippen molar-refractivity contribution in [3.8, 4) is 0 Å². The fourth-order valence-corrected chi connectivity index (χ4v) is 1.31. The average molecular weight is 215 g/mol. The zero-order chi connectivity index (χ0) is 10.7. The standard InChI is InChI=1S/C10H15ClN2O/c1-8(2)13-5-4-12(10(13)14)7-9(3)6-11/h4-5,8H,3,6-7H2,1-2H3. The second-order valence-electron chi connectivity index (χ2n) is 3.59. The Hall–Kier alpha value is -0.960. The van der Waals surface area contributed by atoms with Gasteiger partial charge in [-0.05, 0) is 19.4 Å². The van der Waals surface area contributed by atoms with Crippen LogP contribution >= 0.6 is 11.6 Å². The van der Waals surface area contributed by atoms with Crippen molar-refractivity contribution in [2.24, 2.45) is 0 Å². The molecule has 0 radical (unpaired) electrons. The topological polar surface area (TPSA) is 26.9 Å². The molecule has 0 aliphatic rings. The lowest BCUT2D eigenvalue weighted by Gasteiger charge is -2.05. The molecule has 1 rings (SSSR count). The number of aromatic nitrogens is 2. The van der Waals surface area contributed by atoms with Gasteiger partial charge in [0.15, 0.2) is 0 Å². The Morgan fingerprint density at radius 2 is 2.21 bits per heavy atom. The first-order chi connectivity index (χ1) is 6.56. The molecule has 0 unspecified atom stereocenters. The van der Waals surface area contributed by atoms with Crippen LogP contribution in [0.15, 0.2) is 29.3 Å². The molecule has 0 atom stereocenters. The van der Waals surface area contributed by atoms with Gasteiger partial charge in [-0.3, -0.25) is 9.13 Å². The maximum Gasteiger partial charge on any atom is 0.328 e. The van der Waals surface area contributed by atoms with Crippen LogP contribution in [0.3, 0.4) is 0 Å². The molecule has 1 heterocycles. The van der Waals surface area contributed by atoms with Crippen molar-refractivity contribution in [1.82, 2.24) is 9.13 Å². The van der Waals surface area contributed by atoms with Crippen molar-refractivity contribution in [2.75, 3.05) is 5.88 Å². The molecule has 14 heavy (non-hydrogen) atoms. The predicted molar refractivity (Wildman–Crippen MR) is 58.9 cm³/mol. The fourth-order valence-electron chi connectivity index (χ4n) is 1.22. The summed E-state index contributed by atoms with van der Waals surface area (Å²) in [5.74, 6) is 0.388. The van der Waals surface area contributed by atoms with Crippen LogP contribution in [0.2, 0.25) is 0 Å². The normalized spacial score (nSPS) is 10.9. The van der Waals surface area contributed by atoms with Crippen molar-refractivity contribution in [2.45, 2.75) is 26.4 Å². The number of allylic oxidation sites excluding steroid dienone is 1. The minimum atomic E-state index is -0.00809. The Balaban J connectivity index is 2.91. The van der Waals surface area contributed by atoms with Crippen molar-refractivity contribution >= 4 is 11.6 Å². The maximum absolute atomic E-state index is 11.7. The number of nitrogens with zero attached hydrogens (tertiary/aromatic N) is 2. The number of hydrogen-bond donors (Lipinski definition) is 0. The SMILES string of the molecule is C=C(CCl)Cn1ccn(C(C)C)c1=O. The van der Waals surface area contributed by atoms with Crippen LogP contribution in [0, 0.1) is 0 Å². The lowest BCUT2D eigenvalue weighted by Crippen LogP contribution is -2.25. The summed E-state index contributed by atoms with van der Waals surface area (Å²) in [5.41, 5.74) is 0.835. The van der Waals surface area contributed by atoms with Gasteiger partial charge >= 0.3 is 5.69 Å². The molecule has 1 aromatic heterocycles. The van der Waals surface area contributed by atoms with E-state index in [4.69, 9.17) is 11.6 Å². The summed E-state index contributed by atoms with van der Waals surface area (Å²) in [6.07, 6.45) is 3.55. The smallest absolute Gasteiger partial charge is 0.297 e. The summed E-state index contributed by atoms with van der Waals surface area (Å²) >= 11 is 5.60. The Morgan fingerprint density at radius 1 is 1.57 bits per heavy atom. The molecule has 3 nitrogen and oxygen atoms in total. The molecule has 0 N–H and O–H groups in total. The monoisotopic (exact) mass is 214 g/mol. The number of hydrogen-bond acceptors (Lipinski definition) is 1. The molecule has 78 valence electrons. The highest BCUT2D eigenvalue weighted by atomic mass is 35.5. The zero-order valence-electron chi connectivity index (χ0n) is 8.53. The highest BCUT2D eigenvalue weighted by Gasteiger charge is 2.06. The fraction of sp³-hybridized carbons (Fsp3) is 0.500. The lowest BCUT2D eigenvalue weighted by molar-refractivity contribution is 0.560. The van der Waals surface area contributed by atoms with Gasteiger partial charge in [-0.2, -0.15) is 0 Å². The van der Waals surface area contributed by atoms with Crippen LogP contribution in [-0.4, -0.2) is 15.0 Å². The Labute approximate surface area is 88.6 Å². The van der Waals surface area contributed by atoms with E-state index < -0.39 is 0 Å². The van der Waals surface area contributed by atoms with Gasteiger partial charge in [0.25, 0.3) is 0 Å². The van der Waals surface area contributed by atoms with E-state index >= 15 is 0 Å². The third-order valence-electron chi connectivity index (χ3n) is 2.01. The first kappa shape index (κ1) is 11.1. The van der Waals surface area contributed by atoms with E-state index in [0.29, 0.717) is 12.4 Å². The van der Waals surface area contributed by atoms with Gasteiger partial charge in [-0.25, -0.2) is 4.79 Å². The maximum atomic E-state index is 11.7. The minimum absolute atomic E-state index is 0.00809. The molecule has 0 saturated carbocycles. The summed E-state index contributed by atoms with van der Waals surface area (Å²) in [6.45, 7) is 8.21. The zero-order valence-corrected chi connectivity index (χ0v) is 9.29. The van der Waals surface area contributed by atoms with E-state index in [1.807, 2.05) is 13.8 Å². The van der Waals surface area contributed by atoms with E-state index in [2.05, 4.69) is 6.58 Å². The van der Waals surface area contributed by atoms with E-state index in [9.17, 15) is 4.79 Å². The summed E-state index contributed by atoms with van der Waals surface area (Å²) in [6, 6.07) is 0.188. The Kier molecular flexibility index (Phi) is 3.58. The molecular formula is C10H15ClN2O. The van der Waals surface area contributed by atoms with Gasteiger partial charge in [0.05, 0.1) is 0 Å². The third-order valence-corrected chi connectivity index (χ3v) is 2.39. The molecule has 0 aromatic carbocycles. The van der Waals surface area contributed by atoms with E-state index in [-0.39, 0.29) is 11.7 Å². The molecular weight excluding hydrogens is 200 g/mol. The van der Waals surface area contributed by atoms with E-state index in [0.717, 1.165) is 5.57 Å². The van der Waals surface area contributed by atoms with Crippen LogP contribution in [0.25, 0.3) is 0 Å². The van der Waals surface area contributed by atoms with Gasteiger partial charge < -0.3 is 0 Å². The Bertz CT molecular complexity index is 376. The molecule has 0 aliphatic carbocycles. The summed E-state index contributed by atoms with van der Waals surface area (Å²) < 4.78 is 3.30.